The molecule has 0 aromatic carbocycles. The zero-order chi connectivity index (χ0) is 19.2. The van der Waals surface area contributed by atoms with Gasteiger partial charge in [-0.2, -0.15) is 0 Å². The first-order valence-electron chi connectivity index (χ1n) is 8.88. The molecular formula is C19H20F2N4O2. The van der Waals surface area contributed by atoms with Gasteiger partial charge in [0.05, 0.1) is 37.0 Å². The van der Waals surface area contributed by atoms with Crippen molar-refractivity contribution in [1.82, 2.24) is 14.5 Å². The highest BCUT2D eigenvalue weighted by Gasteiger charge is 2.71. The molecule has 8 heteroatoms. The first-order valence-corrected chi connectivity index (χ1v) is 8.88. The second kappa shape index (κ2) is 6.44. The minimum absolute atomic E-state index is 0.249. The van der Waals surface area contributed by atoms with Crippen LogP contribution >= 0.6 is 0 Å². The lowest BCUT2D eigenvalue weighted by molar-refractivity contribution is 0.0520. The van der Waals surface area contributed by atoms with Crippen LogP contribution in [0.5, 0.6) is 0 Å². The molecule has 2 aromatic rings. The molecule has 0 amide bonds. The Kier molecular flexibility index (Phi) is 4.20. The van der Waals surface area contributed by atoms with Gasteiger partial charge < -0.3 is 14.2 Å². The van der Waals surface area contributed by atoms with Gasteiger partial charge in [0, 0.05) is 19.3 Å². The van der Waals surface area contributed by atoms with Crippen molar-refractivity contribution in [2.75, 3.05) is 24.6 Å². The zero-order valence-electron chi connectivity index (χ0n) is 14.9. The van der Waals surface area contributed by atoms with Crippen LogP contribution < -0.4 is 4.90 Å². The fourth-order valence-electron chi connectivity index (χ4n) is 3.63. The van der Waals surface area contributed by atoms with Crippen LogP contribution in [0.3, 0.4) is 0 Å². The highest BCUT2D eigenvalue weighted by molar-refractivity contribution is 5.86. The van der Waals surface area contributed by atoms with Gasteiger partial charge in [-0.15, -0.1) is 0 Å². The molecule has 3 heterocycles. The predicted molar refractivity (Wildman–Crippen MR) is 95.8 cm³/mol. The fraction of sp³-hybridized carbons (Fsp3) is 0.421. The van der Waals surface area contributed by atoms with Crippen molar-refractivity contribution >= 4 is 17.9 Å². The molecule has 2 aliphatic rings. The van der Waals surface area contributed by atoms with E-state index < -0.39 is 23.7 Å². The Hall–Kier alpha value is -2.77. The van der Waals surface area contributed by atoms with Gasteiger partial charge in [-0.25, -0.2) is 23.5 Å². The van der Waals surface area contributed by atoms with Gasteiger partial charge in [-0.05, 0) is 24.6 Å². The third kappa shape index (κ3) is 3.09. The van der Waals surface area contributed by atoms with Crippen molar-refractivity contribution in [1.29, 1.82) is 0 Å². The summed E-state index contributed by atoms with van der Waals surface area (Å²) in [5.41, 5.74) is 1.83. The van der Waals surface area contributed by atoms with E-state index in [2.05, 4.69) is 16.5 Å². The van der Waals surface area contributed by atoms with Crippen molar-refractivity contribution in [3.63, 3.8) is 0 Å². The maximum Gasteiger partial charge on any atom is 0.358 e. The van der Waals surface area contributed by atoms with Crippen LogP contribution in [0.25, 0.3) is 6.08 Å². The van der Waals surface area contributed by atoms with E-state index in [0.717, 1.165) is 5.56 Å². The van der Waals surface area contributed by atoms with Crippen molar-refractivity contribution in [3.05, 3.63) is 48.2 Å². The van der Waals surface area contributed by atoms with Crippen LogP contribution in [0.4, 0.5) is 14.6 Å². The van der Waals surface area contributed by atoms with E-state index in [1.54, 1.807) is 30.1 Å². The van der Waals surface area contributed by atoms with Gasteiger partial charge in [0.15, 0.2) is 5.69 Å². The molecule has 1 aliphatic carbocycles. The second-order valence-electron chi connectivity index (χ2n) is 6.86. The topological polar surface area (TPSA) is 60.2 Å². The summed E-state index contributed by atoms with van der Waals surface area (Å²) in [6, 6.07) is 3.75. The third-order valence-corrected chi connectivity index (χ3v) is 5.19. The molecule has 6 nitrogen and oxygen atoms in total. The number of carbonyl (C=O) groups is 1. The number of hydrogen-bond acceptors (Lipinski definition) is 5. The van der Waals surface area contributed by atoms with E-state index in [1.807, 2.05) is 17.0 Å². The molecule has 0 radical (unpaired) electrons. The molecule has 0 N–H and O–H groups in total. The van der Waals surface area contributed by atoms with E-state index in [4.69, 9.17) is 4.74 Å². The number of pyridine rings is 1. The minimum Gasteiger partial charge on any atom is -0.461 e. The summed E-state index contributed by atoms with van der Waals surface area (Å²) in [5.74, 6) is -3.36. The van der Waals surface area contributed by atoms with Crippen LogP contribution in [0, 0.1) is 11.8 Å². The lowest BCUT2D eigenvalue weighted by Gasteiger charge is -2.22. The summed E-state index contributed by atoms with van der Waals surface area (Å²) in [5, 5.41) is 0. The van der Waals surface area contributed by atoms with Gasteiger partial charge in [-0.1, -0.05) is 12.6 Å². The van der Waals surface area contributed by atoms with Crippen LogP contribution in [0.1, 0.15) is 28.7 Å². The van der Waals surface area contributed by atoms with Crippen molar-refractivity contribution in [3.8, 4) is 0 Å². The van der Waals surface area contributed by atoms with E-state index >= 15 is 0 Å². The van der Waals surface area contributed by atoms with Crippen LogP contribution in [0.2, 0.25) is 0 Å². The summed E-state index contributed by atoms with van der Waals surface area (Å²) in [6.45, 7) is 6.98. The van der Waals surface area contributed by atoms with Gasteiger partial charge in [0.2, 0.25) is 0 Å². The molecule has 1 aliphatic heterocycles. The number of rotatable bonds is 6. The predicted octanol–water partition coefficient (Wildman–Crippen LogP) is 2.85. The smallest absolute Gasteiger partial charge is 0.358 e. The summed E-state index contributed by atoms with van der Waals surface area (Å²) in [7, 11) is 0. The first kappa shape index (κ1) is 17.6. The molecule has 1 saturated heterocycles. The summed E-state index contributed by atoms with van der Waals surface area (Å²) in [6.07, 6.45) is 4.82. The van der Waals surface area contributed by atoms with Gasteiger partial charge in [-0.3, -0.25) is 0 Å². The lowest BCUT2D eigenvalue weighted by atomic mass is 10.1. The molecule has 2 unspecified atom stereocenters. The number of piperidine rings is 1. The normalized spacial score (nSPS) is 22.4. The number of alkyl halides is 2. The molecule has 2 aromatic heterocycles. The molecular weight excluding hydrogens is 354 g/mol. The standard InChI is InChI=1S/C19H20F2N4O2/c1-3-15-12(7-24-10-16(22-11-24)18(26)27-4-2)5-6-17(23-15)25-8-13-14(9-25)19(13,20)21/h3,5-6,10-11,13-14H,1,4,7-9H2,2H3. The minimum atomic E-state index is -2.50. The van der Waals surface area contributed by atoms with Gasteiger partial charge in [0.25, 0.3) is 5.92 Å². The van der Waals surface area contributed by atoms with Crippen molar-refractivity contribution in [2.45, 2.75) is 19.4 Å². The number of carbonyl (C=O) groups excluding carboxylic acids is 1. The summed E-state index contributed by atoms with van der Waals surface area (Å²) >= 11 is 0. The Labute approximate surface area is 155 Å². The van der Waals surface area contributed by atoms with Crippen LogP contribution in [0.15, 0.2) is 31.2 Å². The SMILES string of the molecule is C=Cc1nc(N2CC3C(C2)C3(F)F)ccc1Cn1cnc(C(=O)OCC)c1. The molecule has 2 fully saturated rings. The second-order valence-corrected chi connectivity index (χ2v) is 6.86. The van der Waals surface area contributed by atoms with E-state index in [1.165, 1.54) is 0 Å². The maximum atomic E-state index is 13.4. The lowest BCUT2D eigenvalue weighted by Crippen LogP contribution is -2.28. The average Bonchev–Trinajstić information content (AvgIpc) is 3.11. The number of ether oxygens (including phenoxy) is 1. The van der Waals surface area contributed by atoms with E-state index in [9.17, 15) is 13.6 Å². The Bertz CT molecular complexity index is 882. The molecule has 4 rings (SSSR count). The number of hydrogen-bond donors (Lipinski definition) is 0. The largest absolute Gasteiger partial charge is 0.461 e. The van der Waals surface area contributed by atoms with Crippen molar-refractivity contribution in [2.24, 2.45) is 11.8 Å². The van der Waals surface area contributed by atoms with E-state index in [-0.39, 0.29) is 5.69 Å². The number of anilines is 1. The molecule has 2 atom stereocenters. The molecule has 142 valence electrons. The Morgan fingerprint density at radius 2 is 2.15 bits per heavy atom. The highest BCUT2D eigenvalue weighted by atomic mass is 19.3. The summed E-state index contributed by atoms with van der Waals surface area (Å²) < 4.78 is 33.5. The number of esters is 1. The molecule has 0 spiro atoms. The zero-order valence-corrected chi connectivity index (χ0v) is 14.9. The average molecular weight is 374 g/mol. The Balaban J connectivity index is 1.48. The maximum absolute atomic E-state index is 13.4. The number of halogens is 2. The number of aromatic nitrogens is 3. The number of nitrogens with zero attached hydrogens (tertiary/aromatic N) is 4. The molecule has 0 bridgehead atoms. The first-order chi connectivity index (χ1) is 12.9. The Morgan fingerprint density at radius 3 is 2.81 bits per heavy atom. The number of fused-ring (bicyclic) bond motifs is 1. The monoisotopic (exact) mass is 374 g/mol. The fourth-order valence-corrected chi connectivity index (χ4v) is 3.63. The molecule has 1 saturated carbocycles. The summed E-state index contributed by atoms with van der Waals surface area (Å²) in [4.78, 5) is 22.3. The van der Waals surface area contributed by atoms with Gasteiger partial charge >= 0.3 is 5.97 Å². The van der Waals surface area contributed by atoms with Crippen LogP contribution in [-0.2, 0) is 11.3 Å². The van der Waals surface area contributed by atoms with Crippen molar-refractivity contribution < 1.29 is 18.3 Å². The van der Waals surface area contributed by atoms with Gasteiger partial charge in [0.1, 0.15) is 5.82 Å². The highest BCUT2D eigenvalue weighted by Crippen LogP contribution is 2.59. The quantitative estimate of drug-likeness (QED) is 0.728. The molecule has 27 heavy (non-hydrogen) atoms. The number of imidazole rings is 1. The third-order valence-electron chi connectivity index (χ3n) is 5.19. The van der Waals surface area contributed by atoms with Crippen LogP contribution in [-0.4, -0.2) is 46.1 Å². The Morgan fingerprint density at radius 1 is 1.41 bits per heavy atom. The van der Waals surface area contributed by atoms with E-state index in [0.29, 0.717) is 37.8 Å².